The van der Waals surface area contributed by atoms with Crippen molar-refractivity contribution in [3.8, 4) is 33.4 Å². The van der Waals surface area contributed by atoms with Crippen LogP contribution in [0.4, 0.5) is 17.1 Å². The van der Waals surface area contributed by atoms with Gasteiger partial charge in [0.2, 0.25) is 0 Å². The van der Waals surface area contributed by atoms with Crippen molar-refractivity contribution < 1.29 is 4.42 Å². The second-order valence-corrected chi connectivity index (χ2v) is 17.0. The average molecular weight is 760 g/mol. The number of hydrogen-bond acceptors (Lipinski definition) is 3. The van der Waals surface area contributed by atoms with Crippen molar-refractivity contribution in [1.29, 1.82) is 0 Å². The Hall–Kier alpha value is -6.94. The third-order valence-electron chi connectivity index (χ3n) is 12.5. The minimum absolute atomic E-state index is 0.143. The first-order valence-electron chi connectivity index (χ1n) is 20.0. The summed E-state index contributed by atoms with van der Waals surface area (Å²) in [5.74, 6) is 0. The Balaban J connectivity index is 1.13. The van der Waals surface area contributed by atoms with Crippen LogP contribution in [0.5, 0.6) is 0 Å². The molecule has 0 fully saturated rings. The van der Waals surface area contributed by atoms with E-state index in [2.05, 4.69) is 207 Å². The zero-order valence-electron chi connectivity index (χ0n) is 32.2. The van der Waals surface area contributed by atoms with Gasteiger partial charge in [-0.2, -0.15) is 0 Å². The molecule has 0 saturated heterocycles. The van der Waals surface area contributed by atoms with E-state index in [0.717, 1.165) is 50.1 Å². The van der Waals surface area contributed by atoms with Gasteiger partial charge in [0.1, 0.15) is 11.2 Å². The van der Waals surface area contributed by atoms with Crippen LogP contribution in [0.2, 0.25) is 0 Å². The number of furan rings is 1. The number of anilines is 3. The van der Waals surface area contributed by atoms with E-state index in [4.69, 9.17) is 4.42 Å². The lowest BCUT2D eigenvalue weighted by atomic mass is 9.82. The Morgan fingerprint density at radius 1 is 0.466 bits per heavy atom. The number of benzene rings is 9. The Bertz CT molecular complexity index is 3430. The molecule has 274 valence electrons. The van der Waals surface area contributed by atoms with E-state index in [9.17, 15) is 0 Å². The lowest BCUT2D eigenvalue weighted by Crippen LogP contribution is -2.16. The fourth-order valence-electron chi connectivity index (χ4n) is 9.76. The van der Waals surface area contributed by atoms with Crippen molar-refractivity contribution in [2.75, 3.05) is 4.90 Å². The molecule has 58 heavy (non-hydrogen) atoms. The molecule has 0 amide bonds. The monoisotopic (exact) mass is 759 g/mol. The summed E-state index contributed by atoms with van der Waals surface area (Å²) in [5, 5.41) is 7.24. The molecule has 3 heteroatoms. The molecule has 0 aliphatic heterocycles. The van der Waals surface area contributed by atoms with Gasteiger partial charge in [-0.05, 0) is 86.6 Å². The maximum Gasteiger partial charge on any atom is 0.145 e. The minimum Gasteiger partial charge on any atom is -0.455 e. The highest BCUT2D eigenvalue weighted by Gasteiger charge is 2.38. The van der Waals surface area contributed by atoms with Crippen molar-refractivity contribution in [3.63, 3.8) is 0 Å². The standard InChI is InChI=1S/C55H37NOS/c1-55(2)45-23-8-5-18-43(45)51-46(55)24-13-25-47(51)56(36-30-28-35(29-31-36)38-20-12-22-42-40-17-7-10-27-50(40)58-54(38)42)48-33-32-41(39-21-11-15-34-14-3-4-16-37(34)39)53-52(48)44-19-6-9-26-49(44)57-53/h3-33H,1-2H3. The first-order valence-corrected chi connectivity index (χ1v) is 20.8. The predicted octanol–water partition coefficient (Wildman–Crippen LogP) is 16.2. The molecule has 0 radical (unpaired) electrons. The number of rotatable bonds is 5. The Kier molecular flexibility index (Phi) is 7.18. The zero-order chi connectivity index (χ0) is 38.5. The first kappa shape index (κ1) is 33.2. The van der Waals surface area contributed by atoms with Crippen LogP contribution >= 0.6 is 11.3 Å². The van der Waals surface area contributed by atoms with Crippen molar-refractivity contribution in [2.24, 2.45) is 0 Å². The molecule has 11 aromatic rings. The summed E-state index contributed by atoms with van der Waals surface area (Å²) in [4.78, 5) is 2.48. The maximum atomic E-state index is 6.95. The first-order chi connectivity index (χ1) is 28.5. The second kappa shape index (κ2) is 12.5. The number of thiophene rings is 1. The fraction of sp³-hybridized carbons (Fsp3) is 0.0545. The normalized spacial score (nSPS) is 13.1. The highest BCUT2D eigenvalue weighted by Crippen LogP contribution is 2.56. The summed E-state index contributed by atoms with van der Waals surface area (Å²) in [6, 6.07) is 68.7. The van der Waals surface area contributed by atoms with Gasteiger partial charge in [-0.1, -0.05) is 159 Å². The second-order valence-electron chi connectivity index (χ2n) is 16.0. The third-order valence-corrected chi connectivity index (χ3v) is 13.7. The molecule has 0 N–H and O–H groups in total. The summed E-state index contributed by atoms with van der Waals surface area (Å²) in [6.07, 6.45) is 0. The predicted molar refractivity (Wildman–Crippen MR) is 247 cm³/mol. The van der Waals surface area contributed by atoms with Crippen LogP contribution in [0.1, 0.15) is 25.0 Å². The minimum atomic E-state index is -0.143. The quantitative estimate of drug-likeness (QED) is 0.174. The topological polar surface area (TPSA) is 16.4 Å². The number of nitrogens with zero attached hydrogens (tertiary/aromatic N) is 1. The van der Waals surface area contributed by atoms with Gasteiger partial charge in [0.25, 0.3) is 0 Å². The average Bonchev–Trinajstić information content (AvgIpc) is 3.93. The Morgan fingerprint density at radius 3 is 2.02 bits per heavy atom. The number of para-hydroxylation sites is 1. The molecule has 0 spiro atoms. The molecule has 12 rings (SSSR count). The molecular formula is C55H37NOS. The van der Waals surface area contributed by atoms with Gasteiger partial charge in [0.15, 0.2) is 0 Å². The SMILES string of the molecule is CC1(C)c2ccccc2-c2c(N(c3ccc(-c4cccc5c4sc4ccccc45)cc3)c3ccc(-c4cccc5ccccc45)c4oc5ccccc5c34)cccc21. The lowest BCUT2D eigenvalue weighted by molar-refractivity contribution is 0.660. The number of fused-ring (bicyclic) bond motifs is 10. The number of hydrogen-bond donors (Lipinski definition) is 0. The summed E-state index contributed by atoms with van der Waals surface area (Å²) in [6.45, 7) is 4.71. The van der Waals surface area contributed by atoms with Crippen LogP contribution in [0.15, 0.2) is 192 Å². The summed E-state index contributed by atoms with van der Waals surface area (Å²) < 4.78 is 9.59. The molecule has 1 aliphatic rings. The highest BCUT2D eigenvalue weighted by atomic mass is 32.1. The van der Waals surface area contributed by atoms with E-state index < -0.39 is 0 Å². The molecule has 1 aliphatic carbocycles. The largest absolute Gasteiger partial charge is 0.455 e. The summed E-state index contributed by atoms with van der Waals surface area (Å²) in [7, 11) is 0. The van der Waals surface area contributed by atoms with E-state index in [-0.39, 0.29) is 5.41 Å². The molecule has 0 unspecified atom stereocenters. The van der Waals surface area contributed by atoms with Crippen LogP contribution in [-0.2, 0) is 5.41 Å². The van der Waals surface area contributed by atoms with E-state index in [1.54, 1.807) is 0 Å². The molecule has 2 aromatic heterocycles. The molecule has 0 saturated carbocycles. The molecule has 0 bridgehead atoms. The van der Waals surface area contributed by atoms with Gasteiger partial charge in [-0.25, -0.2) is 0 Å². The summed E-state index contributed by atoms with van der Waals surface area (Å²) >= 11 is 1.88. The van der Waals surface area contributed by atoms with Crippen molar-refractivity contribution in [1.82, 2.24) is 0 Å². The highest BCUT2D eigenvalue weighted by molar-refractivity contribution is 7.26. The zero-order valence-corrected chi connectivity index (χ0v) is 33.0. The molecule has 9 aromatic carbocycles. The van der Waals surface area contributed by atoms with Gasteiger partial charge in [0, 0.05) is 47.8 Å². The van der Waals surface area contributed by atoms with Crippen LogP contribution in [0.3, 0.4) is 0 Å². The van der Waals surface area contributed by atoms with Gasteiger partial charge in [-0.15, -0.1) is 11.3 Å². The van der Waals surface area contributed by atoms with Crippen LogP contribution < -0.4 is 4.90 Å². The van der Waals surface area contributed by atoms with E-state index in [0.29, 0.717) is 0 Å². The van der Waals surface area contributed by atoms with Crippen LogP contribution in [-0.4, -0.2) is 0 Å². The molecular weight excluding hydrogens is 723 g/mol. The van der Waals surface area contributed by atoms with Gasteiger partial charge in [0.05, 0.1) is 16.8 Å². The summed E-state index contributed by atoms with van der Waals surface area (Å²) in [5.41, 5.74) is 14.9. The van der Waals surface area contributed by atoms with Gasteiger partial charge < -0.3 is 9.32 Å². The molecule has 2 nitrogen and oxygen atoms in total. The Morgan fingerprint density at radius 2 is 1.12 bits per heavy atom. The maximum absolute atomic E-state index is 6.95. The smallest absolute Gasteiger partial charge is 0.145 e. The van der Waals surface area contributed by atoms with E-state index >= 15 is 0 Å². The van der Waals surface area contributed by atoms with Gasteiger partial charge >= 0.3 is 0 Å². The van der Waals surface area contributed by atoms with E-state index in [1.165, 1.54) is 64.3 Å². The van der Waals surface area contributed by atoms with Crippen molar-refractivity contribution >= 4 is 81.3 Å². The fourth-order valence-corrected chi connectivity index (χ4v) is 11.0. The van der Waals surface area contributed by atoms with Crippen LogP contribution in [0.25, 0.3) is 86.3 Å². The molecule has 0 atom stereocenters. The van der Waals surface area contributed by atoms with Crippen molar-refractivity contribution in [2.45, 2.75) is 19.3 Å². The third kappa shape index (κ3) is 4.77. The molecule has 2 heterocycles. The lowest BCUT2D eigenvalue weighted by Gasteiger charge is -2.30. The van der Waals surface area contributed by atoms with E-state index in [1.807, 2.05) is 11.3 Å². The van der Waals surface area contributed by atoms with Gasteiger partial charge in [-0.3, -0.25) is 0 Å². The van der Waals surface area contributed by atoms with Crippen molar-refractivity contribution in [3.05, 3.63) is 199 Å². The van der Waals surface area contributed by atoms with Crippen LogP contribution in [0, 0.1) is 0 Å². The Labute approximate surface area is 340 Å².